The Morgan fingerprint density at radius 2 is 2.45 bits per heavy atom. The zero-order chi connectivity index (χ0) is 8.27. The highest BCUT2D eigenvalue weighted by atomic mass is 32.2. The summed E-state index contributed by atoms with van der Waals surface area (Å²) < 4.78 is 12.4. The van der Waals surface area contributed by atoms with E-state index in [1.165, 1.54) is 24.0 Å². The molecule has 0 unspecified atom stereocenters. The summed E-state index contributed by atoms with van der Waals surface area (Å²) in [5.41, 5.74) is 5.90. The second kappa shape index (κ2) is 3.57. The molecular weight excluding hydrogens is 163 g/mol. The van der Waals surface area contributed by atoms with E-state index in [0.717, 1.165) is 5.75 Å². The van der Waals surface area contributed by atoms with Gasteiger partial charge in [0.25, 0.3) is 0 Å². The highest BCUT2D eigenvalue weighted by Gasteiger charge is 2.00. The van der Waals surface area contributed by atoms with Gasteiger partial charge in [0.15, 0.2) is 0 Å². The summed E-state index contributed by atoms with van der Waals surface area (Å²) in [7, 11) is 0. The Balaban J connectivity index is 2.90. The average Bonchev–Trinajstić information content (AvgIpc) is 1.95. The molecule has 0 aliphatic rings. The first-order valence-corrected chi connectivity index (χ1v) is 4.26. The smallest absolute Gasteiger partial charge is 0.143 e. The SMILES string of the molecule is CCSc1ncc(F)cc1N. The lowest BCUT2D eigenvalue weighted by atomic mass is 10.4. The van der Waals surface area contributed by atoms with Crippen molar-refractivity contribution in [2.75, 3.05) is 11.5 Å². The fraction of sp³-hybridized carbons (Fsp3) is 0.286. The standard InChI is InChI=1S/C7H9FN2S/c1-2-11-7-6(9)3-5(8)4-10-7/h3-4H,2,9H2,1H3. The van der Waals surface area contributed by atoms with Crippen molar-refractivity contribution in [3.05, 3.63) is 18.1 Å². The predicted octanol–water partition coefficient (Wildman–Crippen LogP) is 1.91. The van der Waals surface area contributed by atoms with E-state index in [1.807, 2.05) is 6.92 Å². The minimum absolute atomic E-state index is 0.386. The van der Waals surface area contributed by atoms with Gasteiger partial charge in [-0.1, -0.05) is 6.92 Å². The first-order valence-electron chi connectivity index (χ1n) is 3.28. The molecule has 1 aromatic heterocycles. The van der Waals surface area contributed by atoms with Gasteiger partial charge in [0.2, 0.25) is 0 Å². The summed E-state index contributed by atoms with van der Waals surface area (Å²) in [5.74, 6) is 0.506. The van der Waals surface area contributed by atoms with Crippen molar-refractivity contribution < 1.29 is 4.39 Å². The molecule has 0 aliphatic heterocycles. The number of rotatable bonds is 2. The van der Waals surface area contributed by atoms with E-state index in [2.05, 4.69) is 4.98 Å². The normalized spacial score (nSPS) is 10.0. The van der Waals surface area contributed by atoms with Crippen LogP contribution in [0.1, 0.15) is 6.92 Å². The molecule has 0 saturated carbocycles. The van der Waals surface area contributed by atoms with Gasteiger partial charge in [0.05, 0.1) is 11.9 Å². The number of thioether (sulfide) groups is 1. The molecule has 0 radical (unpaired) electrons. The summed E-state index contributed by atoms with van der Waals surface area (Å²) >= 11 is 1.51. The Morgan fingerprint density at radius 1 is 1.73 bits per heavy atom. The third-order valence-corrected chi connectivity index (χ3v) is 2.03. The van der Waals surface area contributed by atoms with Gasteiger partial charge in [0, 0.05) is 6.07 Å². The van der Waals surface area contributed by atoms with Gasteiger partial charge in [-0.2, -0.15) is 0 Å². The van der Waals surface area contributed by atoms with Crippen LogP contribution >= 0.6 is 11.8 Å². The van der Waals surface area contributed by atoms with Gasteiger partial charge in [0.1, 0.15) is 10.8 Å². The van der Waals surface area contributed by atoms with Crippen LogP contribution in [0.15, 0.2) is 17.3 Å². The maximum absolute atomic E-state index is 12.4. The summed E-state index contributed by atoms with van der Waals surface area (Å²) in [6.07, 6.45) is 1.17. The van der Waals surface area contributed by atoms with Crippen LogP contribution in [0.25, 0.3) is 0 Å². The summed E-state index contributed by atoms with van der Waals surface area (Å²) in [6.45, 7) is 2.00. The lowest BCUT2D eigenvalue weighted by molar-refractivity contribution is 0.619. The monoisotopic (exact) mass is 172 g/mol. The number of hydrogen-bond donors (Lipinski definition) is 1. The minimum atomic E-state index is -0.386. The fourth-order valence-electron chi connectivity index (χ4n) is 0.700. The molecule has 0 bridgehead atoms. The van der Waals surface area contributed by atoms with E-state index in [1.54, 1.807) is 0 Å². The van der Waals surface area contributed by atoms with Gasteiger partial charge in [-0.15, -0.1) is 11.8 Å². The van der Waals surface area contributed by atoms with Gasteiger partial charge in [-0.05, 0) is 5.75 Å². The molecule has 60 valence electrons. The molecule has 0 aliphatic carbocycles. The Kier molecular flexibility index (Phi) is 2.70. The lowest BCUT2D eigenvalue weighted by Gasteiger charge is -2.00. The topological polar surface area (TPSA) is 38.9 Å². The zero-order valence-corrected chi connectivity index (χ0v) is 6.99. The number of anilines is 1. The number of aromatic nitrogens is 1. The molecule has 0 aromatic carbocycles. The van der Waals surface area contributed by atoms with Crippen LogP contribution in [-0.2, 0) is 0 Å². The van der Waals surface area contributed by atoms with Gasteiger partial charge < -0.3 is 5.73 Å². The van der Waals surface area contributed by atoms with Crippen molar-refractivity contribution in [2.45, 2.75) is 11.9 Å². The number of nitrogen functional groups attached to an aromatic ring is 1. The highest BCUT2D eigenvalue weighted by Crippen LogP contribution is 2.21. The average molecular weight is 172 g/mol. The molecule has 1 rings (SSSR count). The van der Waals surface area contributed by atoms with E-state index in [4.69, 9.17) is 5.73 Å². The third-order valence-electron chi connectivity index (χ3n) is 1.13. The Labute approximate surface area is 69.0 Å². The third kappa shape index (κ3) is 2.08. The van der Waals surface area contributed by atoms with Crippen LogP contribution in [0.3, 0.4) is 0 Å². The van der Waals surface area contributed by atoms with Crippen LogP contribution in [0.5, 0.6) is 0 Å². The second-order valence-electron chi connectivity index (χ2n) is 1.98. The van der Waals surface area contributed by atoms with Crippen molar-refractivity contribution in [1.82, 2.24) is 4.98 Å². The van der Waals surface area contributed by atoms with Gasteiger partial charge in [-0.25, -0.2) is 9.37 Å². The van der Waals surface area contributed by atoms with Gasteiger partial charge >= 0.3 is 0 Å². The van der Waals surface area contributed by atoms with Crippen molar-refractivity contribution in [1.29, 1.82) is 0 Å². The van der Waals surface area contributed by atoms with E-state index in [9.17, 15) is 4.39 Å². The molecule has 2 N–H and O–H groups in total. The quantitative estimate of drug-likeness (QED) is 0.692. The zero-order valence-electron chi connectivity index (χ0n) is 6.17. The Morgan fingerprint density at radius 3 is 3.00 bits per heavy atom. The van der Waals surface area contributed by atoms with Crippen LogP contribution in [0, 0.1) is 5.82 Å². The van der Waals surface area contributed by atoms with Crippen LogP contribution in [0.4, 0.5) is 10.1 Å². The number of nitrogens with zero attached hydrogens (tertiary/aromatic N) is 1. The lowest BCUT2D eigenvalue weighted by Crippen LogP contribution is -1.93. The number of halogens is 1. The predicted molar refractivity (Wildman–Crippen MR) is 45.0 cm³/mol. The van der Waals surface area contributed by atoms with E-state index in [-0.39, 0.29) is 5.82 Å². The summed E-state index contributed by atoms with van der Waals surface area (Å²) in [5, 5.41) is 0.703. The number of pyridine rings is 1. The van der Waals surface area contributed by atoms with E-state index < -0.39 is 0 Å². The van der Waals surface area contributed by atoms with Crippen LogP contribution in [0.2, 0.25) is 0 Å². The highest BCUT2D eigenvalue weighted by molar-refractivity contribution is 7.99. The van der Waals surface area contributed by atoms with Crippen molar-refractivity contribution >= 4 is 17.4 Å². The molecule has 11 heavy (non-hydrogen) atoms. The number of nitrogens with two attached hydrogens (primary N) is 1. The molecule has 0 atom stereocenters. The Hall–Kier alpha value is -0.770. The van der Waals surface area contributed by atoms with Crippen molar-refractivity contribution in [3.8, 4) is 0 Å². The maximum atomic E-state index is 12.4. The summed E-state index contributed by atoms with van der Waals surface area (Å²) in [6, 6.07) is 1.28. The van der Waals surface area contributed by atoms with Crippen LogP contribution in [-0.4, -0.2) is 10.7 Å². The number of hydrogen-bond acceptors (Lipinski definition) is 3. The largest absolute Gasteiger partial charge is 0.396 e. The van der Waals surface area contributed by atoms with Crippen LogP contribution < -0.4 is 5.73 Å². The minimum Gasteiger partial charge on any atom is -0.396 e. The van der Waals surface area contributed by atoms with Crippen molar-refractivity contribution in [3.63, 3.8) is 0 Å². The molecule has 0 saturated heterocycles. The van der Waals surface area contributed by atoms with E-state index >= 15 is 0 Å². The molecular formula is C7H9FN2S. The second-order valence-corrected chi connectivity index (χ2v) is 3.23. The van der Waals surface area contributed by atoms with E-state index in [0.29, 0.717) is 10.7 Å². The molecule has 2 nitrogen and oxygen atoms in total. The molecule has 1 aromatic rings. The molecule has 4 heteroatoms. The molecule has 0 fully saturated rings. The summed E-state index contributed by atoms with van der Waals surface area (Å²) in [4.78, 5) is 3.83. The molecule has 0 spiro atoms. The van der Waals surface area contributed by atoms with Gasteiger partial charge in [-0.3, -0.25) is 0 Å². The molecule has 1 heterocycles. The first kappa shape index (κ1) is 8.33. The first-order chi connectivity index (χ1) is 5.24. The fourth-order valence-corrected chi connectivity index (χ4v) is 1.33. The maximum Gasteiger partial charge on any atom is 0.143 e. The van der Waals surface area contributed by atoms with Crippen molar-refractivity contribution in [2.24, 2.45) is 0 Å². The Bertz CT molecular complexity index is 252. The molecule has 0 amide bonds.